The minimum atomic E-state index is -0.467. The Hall–Kier alpha value is -8.40. The zero-order chi connectivity index (χ0) is 44.2. The van der Waals surface area contributed by atoms with Crippen LogP contribution in [0.2, 0.25) is 0 Å². The molecule has 0 unspecified atom stereocenters. The van der Waals surface area contributed by atoms with E-state index in [2.05, 4.69) is 231 Å². The van der Waals surface area contributed by atoms with Crippen LogP contribution in [0.15, 0.2) is 221 Å². The Morgan fingerprint density at radius 2 is 0.866 bits per heavy atom. The molecule has 314 valence electrons. The molecule has 67 heavy (non-hydrogen) atoms. The minimum absolute atomic E-state index is 0.177. The van der Waals surface area contributed by atoms with Gasteiger partial charge in [-0.25, -0.2) is 0 Å². The third-order valence-electron chi connectivity index (χ3n) is 15.5. The quantitative estimate of drug-likeness (QED) is 0.177. The van der Waals surface area contributed by atoms with Gasteiger partial charge in [0.05, 0.1) is 11.1 Å². The first kappa shape index (κ1) is 36.9. The largest absolute Gasteiger partial charge is 0.456 e. The highest BCUT2D eigenvalue weighted by Crippen LogP contribution is 2.65. The fourth-order valence-corrected chi connectivity index (χ4v) is 12.6. The first-order chi connectivity index (χ1) is 33.0. The fourth-order valence-electron chi connectivity index (χ4n) is 12.6. The number of fused-ring (bicyclic) bond motifs is 19. The summed E-state index contributed by atoms with van der Waals surface area (Å²) in [6.45, 7) is 4.73. The van der Waals surface area contributed by atoms with Gasteiger partial charge in [-0.3, -0.25) is 0 Å². The van der Waals surface area contributed by atoms with Crippen LogP contribution in [0.1, 0.15) is 47.2 Å². The van der Waals surface area contributed by atoms with Crippen LogP contribution in [0.3, 0.4) is 0 Å². The molecule has 0 N–H and O–H groups in total. The zero-order valence-corrected chi connectivity index (χ0v) is 37.0. The SMILES string of the molecule is CC1(C)c2ccccc2-c2ccc(N(c3ccc4oc5cc6c(cc5c4c3)oc3c(-c4ccccc4)cccc36)c3cccc4c3-c3ccccc3C43c4ccccc4-c4ccccc43)cc21. The Labute approximate surface area is 387 Å². The van der Waals surface area contributed by atoms with Gasteiger partial charge < -0.3 is 13.7 Å². The van der Waals surface area contributed by atoms with E-state index in [0.29, 0.717) is 0 Å². The number of anilines is 3. The second kappa shape index (κ2) is 13.1. The number of para-hydroxylation sites is 1. The van der Waals surface area contributed by atoms with Gasteiger partial charge in [0, 0.05) is 49.5 Å². The van der Waals surface area contributed by atoms with E-state index in [0.717, 1.165) is 72.1 Å². The van der Waals surface area contributed by atoms with Gasteiger partial charge >= 0.3 is 0 Å². The van der Waals surface area contributed by atoms with E-state index in [9.17, 15) is 0 Å². The summed E-state index contributed by atoms with van der Waals surface area (Å²) in [7, 11) is 0. The van der Waals surface area contributed by atoms with E-state index in [-0.39, 0.29) is 5.41 Å². The third kappa shape index (κ3) is 4.75. The molecular weight excluding hydrogens is 815 g/mol. The van der Waals surface area contributed by atoms with Crippen LogP contribution in [-0.4, -0.2) is 0 Å². The van der Waals surface area contributed by atoms with Crippen molar-refractivity contribution >= 4 is 60.9 Å². The molecule has 3 aliphatic carbocycles. The summed E-state index contributed by atoms with van der Waals surface area (Å²) in [6, 6.07) is 78.2. The lowest BCUT2D eigenvalue weighted by Gasteiger charge is -2.32. The molecule has 0 amide bonds. The molecule has 0 atom stereocenters. The average molecular weight is 856 g/mol. The Kier molecular flexibility index (Phi) is 7.22. The average Bonchev–Trinajstić information content (AvgIpc) is 4.15. The topological polar surface area (TPSA) is 29.5 Å². The number of hydrogen-bond acceptors (Lipinski definition) is 3. The Morgan fingerprint density at radius 3 is 1.61 bits per heavy atom. The van der Waals surface area contributed by atoms with Gasteiger partial charge in [-0.15, -0.1) is 0 Å². The van der Waals surface area contributed by atoms with Crippen molar-refractivity contribution in [3.63, 3.8) is 0 Å². The molecular formula is C64H41NO2. The molecule has 10 aromatic carbocycles. The number of nitrogens with zero attached hydrogens (tertiary/aromatic N) is 1. The van der Waals surface area contributed by atoms with Gasteiger partial charge in [-0.1, -0.05) is 178 Å². The summed E-state index contributed by atoms with van der Waals surface area (Å²) in [5.74, 6) is 0. The maximum Gasteiger partial charge on any atom is 0.143 e. The van der Waals surface area contributed by atoms with Gasteiger partial charge in [-0.2, -0.15) is 0 Å². The van der Waals surface area contributed by atoms with Crippen LogP contribution < -0.4 is 4.90 Å². The Morgan fingerprint density at radius 1 is 0.343 bits per heavy atom. The molecule has 1 spiro atoms. The van der Waals surface area contributed by atoms with Crippen LogP contribution in [0.4, 0.5) is 17.1 Å². The predicted molar refractivity (Wildman–Crippen MR) is 275 cm³/mol. The van der Waals surface area contributed by atoms with Crippen molar-refractivity contribution in [2.75, 3.05) is 4.90 Å². The van der Waals surface area contributed by atoms with Crippen molar-refractivity contribution in [1.29, 1.82) is 0 Å². The summed E-state index contributed by atoms with van der Waals surface area (Å²) in [4.78, 5) is 2.50. The third-order valence-corrected chi connectivity index (χ3v) is 15.5. The highest BCUT2D eigenvalue weighted by molar-refractivity contribution is 6.17. The molecule has 0 saturated carbocycles. The molecule has 3 nitrogen and oxygen atoms in total. The first-order valence-corrected chi connectivity index (χ1v) is 23.3. The summed E-state index contributed by atoms with van der Waals surface area (Å²) < 4.78 is 13.6. The number of rotatable bonds is 4. The van der Waals surface area contributed by atoms with Crippen molar-refractivity contribution in [2.45, 2.75) is 24.7 Å². The smallest absolute Gasteiger partial charge is 0.143 e. The van der Waals surface area contributed by atoms with Gasteiger partial charge in [-0.05, 0) is 115 Å². The highest BCUT2D eigenvalue weighted by atomic mass is 16.3. The monoisotopic (exact) mass is 855 g/mol. The van der Waals surface area contributed by atoms with Crippen LogP contribution in [0.25, 0.3) is 88.4 Å². The molecule has 0 bridgehead atoms. The van der Waals surface area contributed by atoms with Crippen LogP contribution in [-0.2, 0) is 10.8 Å². The molecule has 0 aliphatic heterocycles. The van der Waals surface area contributed by atoms with E-state index < -0.39 is 5.41 Å². The molecule has 2 aromatic heterocycles. The van der Waals surface area contributed by atoms with Crippen LogP contribution in [0.5, 0.6) is 0 Å². The highest BCUT2D eigenvalue weighted by Gasteiger charge is 2.52. The van der Waals surface area contributed by atoms with E-state index in [1.807, 2.05) is 0 Å². The number of furan rings is 2. The lowest BCUT2D eigenvalue weighted by atomic mass is 9.70. The van der Waals surface area contributed by atoms with Crippen molar-refractivity contribution in [2.24, 2.45) is 0 Å². The second-order valence-corrected chi connectivity index (χ2v) is 19.1. The van der Waals surface area contributed by atoms with Gasteiger partial charge in [0.15, 0.2) is 0 Å². The van der Waals surface area contributed by atoms with Crippen molar-refractivity contribution in [1.82, 2.24) is 0 Å². The van der Waals surface area contributed by atoms with Crippen molar-refractivity contribution in [3.05, 3.63) is 246 Å². The lowest BCUT2D eigenvalue weighted by molar-refractivity contribution is 0.660. The minimum Gasteiger partial charge on any atom is -0.456 e. The molecule has 3 heteroatoms. The van der Waals surface area contributed by atoms with E-state index in [4.69, 9.17) is 8.83 Å². The number of hydrogen-bond donors (Lipinski definition) is 0. The zero-order valence-electron chi connectivity index (χ0n) is 37.0. The number of benzene rings is 10. The van der Waals surface area contributed by atoms with Crippen molar-refractivity contribution < 1.29 is 8.83 Å². The molecule has 3 aliphatic rings. The Bertz CT molecular complexity index is 4040. The predicted octanol–water partition coefficient (Wildman–Crippen LogP) is 17.3. The molecule has 0 radical (unpaired) electrons. The van der Waals surface area contributed by atoms with Gasteiger partial charge in [0.25, 0.3) is 0 Å². The normalized spacial score (nSPS) is 14.4. The Balaban J connectivity index is 0.988. The van der Waals surface area contributed by atoms with E-state index >= 15 is 0 Å². The van der Waals surface area contributed by atoms with Crippen LogP contribution in [0, 0.1) is 0 Å². The summed E-state index contributed by atoms with van der Waals surface area (Å²) in [5, 5.41) is 4.19. The lowest BCUT2D eigenvalue weighted by Crippen LogP contribution is -2.26. The second-order valence-electron chi connectivity index (χ2n) is 19.1. The maximum absolute atomic E-state index is 6.80. The van der Waals surface area contributed by atoms with Crippen molar-refractivity contribution in [3.8, 4) is 44.5 Å². The van der Waals surface area contributed by atoms with Gasteiger partial charge in [0.2, 0.25) is 0 Å². The molecule has 0 fully saturated rings. The standard InChI is InChI=1S/C64H41NO2/c1-63(2)51-24-10-6-18-42(51)45-32-30-40(35-56(45)63)65(57-29-15-28-55-61(57)47-21-9-13-27-54(47)64(55)52-25-11-7-19-43(52)44-20-8-12-26-53(44)64)39-31-33-58-48(34-39)50-37-60-49(36-59(50)66-58)46-23-14-22-41(62(46)67-60)38-16-4-3-5-17-38/h3-37H,1-2H3. The van der Waals surface area contributed by atoms with Crippen LogP contribution >= 0.6 is 0 Å². The fraction of sp³-hybridized carbons (Fsp3) is 0.0625. The summed E-state index contributed by atoms with van der Waals surface area (Å²) in [6.07, 6.45) is 0. The summed E-state index contributed by atoms with van der Waals surface area (Å²) in [5.41, 5.74) is 24.0. The maximum atomic E-state index is 6.80. The molecule has 0 saturated heterocycles. The summed E-state index contributed by atoms with van der Waals surface area (Å²) >= 11 is 0. The molecule has 12 aromatic rings. The first-order valence-electron chi connectivity index (χ1n) is 23.3. The van der Waals surface area contributed by atoms with E-state index in [1.54, 1.807) is 0 Å². The van der Waals surface area contributed by atoms with E-state index in [1.165, 1.54) is 66.8 Å². The molecule has 15 rings (SSSR count). The molecule has 2 heterocycles. The van der Waals surface area contributed by atoms with Gasteiger partial charge in [0.1, 0.15) is 22.3 Å².